The van der Waals surface area contributed by atoms with Crippen molar-refractivity contribution >= 4 is 16.6 Å². The lowest BCUT2D eigenvalue weighted by Crippen LogP contribution is -1.98. The van der Waals surface area contributed by atoms with E-state index in [2.05, 4.69) is 11.1 Å². The summed E-state index contributed by atoms with van der Waals surface area (Å²) < 4.78 is 0. The van der Waals surface area contributed by atoms with Crippen LogP contribution < -0.4 is 0 Å². The lowest BCUT2D eigenvalue weighted by molar-refractivity contribution is -0.118. The summed E-state index contributed by atoms with van der Waals surface area (Å²) in [5.74, 6) is 0.325. The van der Waals surface area contributed by atoms with Crippen molar-refractivity contribution in [2.75, 3.05) is 0 Å². The molecule has 0 N–H and O–H groups in total. The Morgan fingerprint density at radius 2 is 2.19 bits per heavy atom. The first-order valence-corrected chi connectivity index (χ1v) is 5.64. The first kappa shape index (κ1) is 10.8. The molecule has 1 aromatic carbocycles. The van der Waals surface area contributed by atoms with Crippen molar-refractivity contribution in [3.8, 4) is 0 Å². The van der Waals surface area contributed by atoms with Crippen molar-refractivity contribution < 1.29 is 4.79 Å². The molecule has 0 fully saturated rings. The summed E-state index contributed by atoms with van der Waals surface area (Å²) in [6, 6.07) is 8.18. The van der Waals surface area contributed by atoms with Gasteiger partial charge in [-0.15, -0.1) is 0 Å². The Hall–Kier alpha value is -1.70. The van der Waals surface area contributed by atoms with Crippen molar-refractivity contribution in [2.45, 2.75) is 26.2 Å². The molecule has 0 saturated carbocycles. The van der Waals surface area contributed by atoms with E-state index >= 15 is 0 Å². The zero-order valence-electron chi connectivity index (χ0n) is 9.44. The van der Waals surface area contributed by atoms with Crippen molar-refractivity contribution in [3.05, 3.63) is 42.2 Å². The Balaban J connectivity index is 2.27. The van der Waals surface area contributed by atoms with Gasteiger partial charge in [0, 0.05) is 30.6 Å². The summed E-state index contributed by atoms with van der Waals surface area (Å²) in [6.07, 6.45) is 5.76. The van der Waals surface area contributed by atoms with Crippen LogP contribution in [0.25, 0.3) is 10.8 Å². The minimum atomic E-state index is 0.325. The van der Waals surface area contributed by atoms with Gasteiger partial charge in [0.25, 0.3) is 0 Å². The molecular weight excluding hydrogens is 198 g/mol. The second-order valence-electron chi connectivity index (χ2n) is 3.91. The minimum Gasteiger partial charge on any atom is -0.300 e. The van der Waals surface area contributed by atoms with Crippen LogP contribution in [-0.2, 0) is 11.2 Å². The van der Waals surface area contributed by atoms with Crippen LogP contribution >= 0.6 is 0 Å². The van der Waals surface area contributed by atoms with Gasteiger partial charge in [0.2, 0.25) is 0 Å². The quantitative estimate of drug-likeness (QED) is 0.781. The molecule has 2 heteroatoms. The molecule has 16 heavy (non-hydrogen) atoms. The van der Waals surface area contributed by atoms with Crippen LogP contribution in [-0.4, -0.2) is 10.8 Å². The number of carbonyl (C=O) groups is 1. The van der Waals surface area contributed by atoms with Gasteiger partial charge in [-0.3, -0.25) is 9.78 Å². The fourth-order valence-electron chi connectivity index (χ4n) is 1.86. The number of benzene rings is 1. The van der Waals surface area contributed by atoms with Gasteiger partial charge in [-0.05, 0) is 23.4 Å². The normalized spacial score (nSPS) is 10.6. The molecule has 0 saturated heterocycles. The molecular formula is C14H15NO. The van der Waals surface area contributed by atoms with E-state index in [0.29, 0.717) is 18.6 Å². The van der Waals surface area contributed by atoms with Crippen LogP contribution in [0.5, 0.6) is 0 Å². The molecule has 0 radical (unpaired) electrons. The maximum atomic E-state index is 11.3. The van der Waals surface area contributed by atoms with Gasteiger partial charge in [0.05, 0.1) is 0 Å². The van der Waals surface area contributed by atoms with Crippen LogP contribution in [0.1, 0.15) is 25.3 Å². The molecule has 1 aromatic heterocycles. The molecule has 0 aliphatic carbocycles. The summed E-state index contributed by atoms with van der Waals surface area (Å²) in [6.45, 7) is 1.91. The highest BCUT2D eigenvalue weighted by atomic mass is 16.1. The zero-order valence-corrected chi connectivity index (χ0v) is 9.44. The third-order valence-corrected chi connectivity index (χ3v) is 2.84. The fraction of sp³-hybridized carbons (Fsp3) is 0.286. The second-order valence-corrected chi connectivity index (χ2v) is 3.91. The number of carbonyl (C=O) groups excluding carboxylic acids is 1. The first-order chi connectivity index (χ1) is 7.81. The van der Waals surface area contributed by atoms with Gasteiger partial charge in [-0.2, -0.15) is 0 Å². The molecule has 0 bridgehead atoms. The second kappa shape index (κ2) is 4.88. The molecule has 0 atom stereocenters. The van der Waals surface area contributed by atoms with Gasteiger partial charge in [-0.25, -0.2) is 0 Å². The van der Waals surface area contributed by atoms with E-state index in [1.54, 1.807) is 6.20 Å². The van der Waals surface area contributed by atoms with Crippen LogP contribution in [0.4, 0.5) is 0 Å². The van der Waals surface area contributed by atoms with Gasteiger partial charge in [-0.1, -0.05) is 25.1 Å². The summed E-state index contributed by atoms with van der Waals surface area (Å²) >= 11 is 0. The van der Waals surface area contributed by atoms with Crippen LogP contribution in [0, 0.1) is 0 Å². The number of ketones is 1. The van der Waals surface area contributed by atoms with Gasteiger partial charge >= 0.3 is 0 Å². The molecule has 0 aliphatic rings. The summed E-state index contributed by atoms with van der Waals surface area (Å²) in [4.78, 5) is 15.4. The average molecular weight is 213 g/mol. The lowest BCUT2D eigenvalue weighted by Gasteiger charge is -2.05. The Kier molecular flexibility index (Phi) is 3.30. The first-order valence-electron chi connectivity index (χ1n) is 5.64. The maximum Gasteiger partial charge on any atom is 0.132 e. The average Bonchev–Trinajstić information content (AvgIpc) is 2.35. The van der Waals surface area contributed by atoms with Gasteiger partial charge in [0.1, 0.15) is 5.78 Å². The van der Waals surface area contributed by atoms with E-state index < -0.39 is 0 Å². The Labute approximate surface area is 95.3 Å². The van der Waals surface area contributed by atoms with E-state index in [1.165, 1.54) is 10.9 Å². The zero-order chi connectivity index (χ0) is 11.4. The molecule has 0 amide bonds. The molecule has 82 valence electrons. The summed E-state index contributed by atoms with van der Waals surface area (Å²) in [7, 11) is 0. The van der Waals surface area contributed by atoms with E-state index in [0.717, 1.165) is 11.8 Å². The molecule has 2 rings (SSSR count). The number of hydrogen-bond donors (Lipinski definition) is 0. The number of nitrogens with zero attached hydrogens (tertiary/aromatic N) is 1. The number of aryl methyl sites for hydroxylation is 1. The Morgan fingerprint density at radius 3 is 3.00 bits per heavy atom. The monoisotopic (exact) mass is 213 g/mol. The van der Waals surface area contributed by atoms with Crippen molar-refractivity contribution in [2.24, 2.45) is 0 Å². The number of pyridine rings is 1. The van der Waals surface area contributed by atoms with Crippen LogP contribution in [0.15, 0.2) is 36.7 Å². The number of Topliss-reactive ketones (excluding diaryl/α,β-unsaturated/α-hetero) is 1. The van der Waals surface area contributed by atoms with Crippen LogP contribution in [0.2, 0.25) is 0 Å². The van der Waals surface area contributed by atoms with E-state index in [-0.39, 0.29) is 0 Å². The summed E-state index contributed by atoms with van der Waals surface area (Å²) in [5.41, 5.74) is 1.24. The van der Waals surface area contributed by atoms with Crippen LogP contribution in [0.3, 0.4) is 0 Å². The third-order valence-electron chi connectivity index (χ3n) is 2.84. The van der Waals surface area contributed by atoms with Gasteiger partial charge in [0.15, 0.2) is 0 Å². The number of fused-ring (bicyclic) bond motifs is 1. The molecule has 2 nitrogen and oxygen atoms in total. The molecule has 2 aromatic rings. The minimum absolute atomic E-state index is 0.325. The third kappa shape index (κ3) is 2.27. The highest BCUT2D eigenvalue weighted by Gasteiger charge is 2.03. The Bertz CT molecular complexity index is 500. The molecule has 1 heterocycles. The van der Waals surface area contributed by atoms with E-state index in [4.69, 9.17) is 0 Å². The number of rotatable bonds is 4. The van der Waals surface area contributed by atoms with Gasteiger partial charge < -0.3 is 0 Å². The summed E-state index contributed by atoms with van der Waals surface area (Å²) in [5, 5.41) is 2.35. The maximum absolute atomic E-state index is 11.3. The van der Waals surface area contributed by atoms with Crippen molar-refractivity contribution in [1.82, 2.24) is 4.98 Å². The smallest absolute Gasteiger partial charge is 0.132 e. The lowest BCUT2D eigenvalue weighted by atomic mass is 10.0. The predicted molar refractivity (Wildman–Crippen MR) is 65.4 cm³/mol. The highest BCUT2D eigenvalue weighted by molar-refractivity contribution is 5.85. The van der Waals surface area contributed by atoms with E-state index in [1.807, 2.05) is 31.3 Å². The Morgan fingerprint density at radius 1 is 1.31 bits per heavy atom. The standard InChI is InChI=1S/C14H15NO/c1-2-13(16)7-6-11-4-3-5-12-10-15-9-8-14(11)12/h3-5,8-10H,2,6-7H2,1H3. The van der Waals surface area contributed by atoms with E-state index in [9.17, 15) is 4.79 Å². The topological polar surface area (TPSA) is 30.0 Å². The molecule has 0 unspecified atom stereocenters. The molecule has 0 spiro atoms. The predicted octanol–water partition coefficient (Wildman–Crippen LogP) is 3.15. The molecule has 0 aliphatic heterocycles. The van der Waals surface area contributed by atoms with Crippen molar-refractivity contribution in [3.63, 3.8) is 0 Å². The number of hydrogen-bond acceptors (Lipinski definition) is 2. The van der Waals surface area contributed by atoms with Crippen molar-refractivity contribution in [1.29, 1.82) is 0 Å². The number of aromatic nitrogens is 1. The SMILES string of the molecule is CCC(=O)CCc1cccc2cnccc12. The fourth-order valence-corrected chi connectivity index (χ4v) is 1.86. The largest absolute Gasteiger partial charge is 0.300 e. The highest BCUT2D eigenvalue weighted by Crippen LogP contribution is 2.18.